The van der Waals surface area contributed by atoms with Crippen LogP contribution in [0.1, 0.15) is 16.7 Å². The van der Waals surface area contributed by atoms with Gasteiger partial charge in [-0.1, -0.05) is 24.3 Å². The van der Waals surface area contributed by atoms with Crippen molar-refractivity contribution in [2.75, 3.05) is 14.2 Å². The van der Waals surface area contributed by atoms with Crippen molar-refractivity contribution < 1.29 is 19.3 Å². The number of fused-ring (bicyclic) bond motifs is 1. The quantitative estimate of drug-likeness (QED) is 0.932. The first-order valence-electron chi connectivity index (χ1n) is 6.37. The average molecular weight is 272 g/mol. The lowest BCUT2D eigenvalue weighted by atomic mass is 9.94. The summed E-state index contributed by atoms with van der Waals surface area (Å²) in [5, 5.41) is 11.0. The first-order valence-corrected chi connectivity index (χ1v) is 6.37. The molecule has 0 aromatic heterocycles. The molecule has 0 spiro atoms. The molecule has 1 atom stereocenters. The molecule has 0 radical (unpaired) electrons. The van der Waals surface area contributed by atoms with E-state index in [-0.39, 0.29) is 0 Å². The molecule has 0 saturated heterocycles. The van der Waals surface area contributed by atoms with E-state index in [4.69, 9.17) is 14.2 Å². The summed E-state index contributed by atoms with van der Waals surface area (Å²) in [5.74, 6) is -0.199. The topological polar surface area (TPSA) is 47.9 Å². The molecular formula is C16H16O4. The Morgan fingerprint density at radius 3 is 2.35 bits per heavy atom. The van der Waals surface area contributed by atoms with Gasteiger partial charge in [-0.15, -0.1) is 0 Å². The Morgan fingerprint density at radius 1 is 0.950 bits per heavy atom. The third-order valence-electron chi connectivity index (χ3n) is 3.62. The molecule has 3 rings (SSSR count). The zero-order valence-electron chi connectivity index (χ0n) is 11.4. The number of methoxy groups -OCH3 is 2. The SMILES string of the molecule is COc1ccccc1C1(O)OCc2c(OC)cccc21. The number of para-hydroxylation sites is 1. The predicted molar refractivity (Wildman–Crippen MR) is 73.8 cm³/mol. The number of ether oxygens (including phenoxy) is 3. The lowest BCUT2D eigenvalue weighted by Gasteiger charge is -2.25. The van der Waals surface area contributed by atoms with Crippen LogP contribution in [0.15, 0.2) is 42.5 Å². The number of hydrogen-bond donors (Lipinski definition) is 1. The van der Waals surface area contributed by atoms with Gasteiger partial charge in [0.25, 0.3) is 0 Å². The van der Waals surface area contributed by atoms with Gasteiger partial charge in [-0.2, -0.15) is 0 Å². The molecule has 1 N–H and O–H groups in total. The summed E-state index contributed by atoms with van der Waals surface area (Å²) in [7, 11) is 3.18. The molecular weight excluding hydrogens is 256 g/mol. The van der Waals surface area contributed by atoms with Gasteiger partial charge in [0.2, 0.25) is 5.79 Å². The van der Waals surface area contributed by atoms with Crippen LogP contribution in [0.2, 0.25) is 0 Å². The third-order valence-corrected chi connectivity index (χ3v) is 3.62. The summed E-state index contributed by atoms with van der Waals surface area (Å²) in [5.41, 5.74) is 2.15. The number of benzene rings is 2. The van der Waals surface area contributed by atoms with Crippen molar-refractivity contribution in [2.45, 2.75) is 12.4 Å². The van der Waals surface area contributed by atoms with E-state index in [2.05, 4.69) is 0 Å². The average Bonchev–Trinajstić information content (AvgIpc) is 2.86. The predicted octanol–water partition coefficient (Wildman–Crippen LogP) is 2.43. The van der Waals surface area contributed by atoms with Gasteiger partial charge in [-0.25, -0.2) is 0 Å². The minimum Gasteiger partial charge on any atom is -0.496 e. The van der Waals surface area contributed by atoms with Gasteiger partial charge in [0.15, 0.2) is 0 Å². The highest BCUT2D eigenvalue weighted by molar-refractivity contribution is 5.51. The van der Waals surface area contributed by atoms with Crippen molar-refractivity contribution in [3.05, 3.63) is 59.2 Å². The molecule has 0 amide bonds. The Hall–Kier alpha value is -2.04. The molecule has 0 aliphatic carbocycles. The van der Waals surface area contributed by atoms with E-state index in [1.165, 1.54) is 0 Å². The molecule has 0 bridgehead atoms. The Kier molecular flexibility index (Phi) is 3.12. The van der Waals surface area contributed by atoms with Crippen LogP contribution >= 0.6 is 0 Å². The van der Waals surface area contributed by atoms with Crippen LogP contribution in [-0.2, 0) is 17.1 Å². The number of rotatable bonds is 3. The molecule has 0 fully saturated rings. The molecule has 0 saturated carbocycles. The second-order valence-corrected chi connectivity index (χ2v) is 4.62. The largest absolute Gasteiger partial charge is 0.496 e. The van der Waals surface area contributed by atoms with Crippen LogP contribution in [0.5, 0.6) is 11.5 Å². The van der Waals surface area contributed by atoms with Gasteiger partial charge in [-0.05, 0) is 18.2 Å². The Labute approximate surface area is 117 Å². The van der Waals surface area contributed by atoms with E-state index in [1.54, 1.807) is 26.4 Å². The summed E-state index contributed by atoms with van der Waals surface area (Å²) in [6.45, 7) is 0.299. The molecule has 4 heteroatoms. The van der Waals surface area contributed by atoms with E-state index in [0.717, 1.165) is 5.56 Å². The van der Waals surface area contributed by atoms with Gasteiger partial charge in [0.05, 0.1) is 26.4 Å². The summed E-state index contributed by atoms with van der Waals surface area (Å²) in [4.78, 5) is 0. The van der Waals surface area contributed by atoms with Gasteiger partial charge in [0, 0.05) is 11.1 Å². The molecule has 1 unspecified atom stereocenters. The molecule has 104 valence electrons. The lowest BCUT2D eigenvalue weighted by Crippen LogP contribution is -2.26. The van der Waals surface area contributed by atoms with Crippen molar-refractivity contribution in [1.29, 1.82) is 0 Å². The Bertz CT molecular complexity index is 638. The maximum atomic E-state index is 11.0. The number of hydrogen-bond acceptors (Lipinski definition) is 4. The van der Waals surface area contributed by atoms with Gasteiger partial charge in [0.1, 0.15) is 11.5 Å². The van der Waals surface area contributed by atoms with Gasteiger partial charge < -0.3 is 19.3 Å². The standard InChI is InChI=1S/C16H16O4/c1-18-14-9-5-7-12-11(14)10-20-16(12,17)13-6-3-4-8-15(13)19-2/h3-9,17H,10H2,1-2H3. The molecule has 2 aromatic rings. The summed E-state index contributed by atoms with van der Waals surface area (Å²) in [6, 6.07) is 12.8. The summed E-state index contributed by atoms with van der Waals surface area (Å²) >= 11 is 0. The molecule has 2 aromatic carbocycles. The second kappa shape index (κ2) is 4.81. The van der Waals surface area contributed by atoms with Crippen LogP contribution in [0.4, 0.5) is 0 Å². The lowest BCUT2D eigenvalue weighted by molar-refractivity contribution is -0.171. The first-order chi connectivity index (χ1) is 9.70. The van der Waals surface area contributed by atoms with Crippen LogP contribution < -0.4 is 9.47 Å². The fourth-order valence-electron chi connectivity index (χ4n) is 2.63. The third kappa shape index (κ3) is 1.77. The Balaban J connectivity index is 2.17. The Morgan fingerprint density at radius 2 is 1.60 bits per heavy atom. The van der Waals surface area contributed by atoms with Crippen LogP contribution in [-0.4, -0.2) is 19.3 Å². The highest BCUT2D eigenvalue weighted by Crippen LogP contribution is 2.45. The summed E-state index contributed by atoms with van der Waals surface area (Å²) < 4.78 is 16.3. The van der Waals surface area contributed by atoms with E-state index in [9.17, 15) is 5.11 Å². The van der Waals surface area contributed by atoms with Crippen molar-refractivity contribution in [1.82, 2.24) is 0 Å². The highest BCUT2D eigenvalue weighted by Gasteiger charge is 2.43. The fourth-order valence-corrected chi connectivity index (χ4v) is 2.63. The molecule has 4 nitrogen and oxygen atoms in total. The smallest absolute Gasteiger partial charge is 0.224 e. The van der Waals surface area contributed by atoms with Crippen molar-refractivity contribution in [3.8, 4) is 11.5 Å². The van der Waals surface area contributed by atoms with Crippen LogP contribution in [0.25, 0.3) is 0 Å². The summed E-state index contributed by atoms with van der Waals surface area (Å²) in [6.07, 6.45) is 0. The maximum absolute atomic E-state index is 11.0. The molecule has 20 heavy (non-hydrogen) atoms. The van der Waals surface area contributed by atoms with E-state index in [0.29, 0.717) is 29.2 Å². The van der Waals surface area contributed by atoms with E-state index >= 15 is 0 Å². The highest BCUT2D eigenvalue weighted by atomic mass is 16.6. The monoisotopic (exact) mass is 272 g/mol. The second-order valence-electron chi connectivity index (χ2n) is 4.62. The van der Waals surface area contributed by atoms with Crippen molar-refractivity contribution in [3.63, 3.8) is 0 Å². The zero-order valence-corrected chi connectivity index (χ0v) is 11.4. The van der Waals surface area contributed by atoms with Gasteiger partial charge in [-0.3, -0.25) is 0 Å². The number of aliphatic hydroxyl groups is 1. The molecule has 1 heterocycles. The molecule has 1 aliphatic rings. The zero-order chi connectivity index (χ0) is 14.2. The van der Waals surface area contributed by atoms with E-state index in [1.807, 2.05) is 30.3 Å². The van der Waals surface area contributed by atoms with E-state index < -0.39 is 5.79 Å². The maximum Gasteiger partial charge on any atom is 0.224 e. The normalized spacial score (nSPS) is 20.6. The minimum absolute atomic E-state index is 0.299. The van der Waals surface area contributed by atoms with Crippen molar-refractivity contribution >= 4 is 0 Å². The van der Waals surface area contributed by atoms with Crippen LogP contribution in [0.3, 0.4) is 0 Å². The van der Waals surface area contributed by atoms with Crippen LogP contribution in [0, 0.1) is 0 Å². The van der Waals surface area contributed by atoms with Gasteiger partial charge >= 0.3 is 0 Å². The molecule has 1 aliphatic heterocycles. The minimum atomic E-state index is -1.50. The van der Waals surface area contributed by atoms with Crippen molar-refractivity contribution in [2.24, 2.45) is 0 Å². The fraction of sp³-hybridized carbons (Fsp3) is 0.250. The first kappa shape index (κ1) is 13.0.